The van der Waals surface area contributed by atoms with Gasteiger partial charge in [-0.2, -0.15) is 9.67 Å². The number of nitrogen functional groups attached to an aromatic ring is 1. The number of imide groups is 1. The van der Waals surface area contributed by atoms with Crippen molar-refractivity contribution in [3.8, 4) is 17.1 Å². The van der Waals surface area contributed by atoms with Crippen LogP contribution in [-0.4, -0.2) is 66.1 Å². The van der Waals surface area contributed by atoms with Crippen molar-refractivity contribution in [2.24, 2.45) is 0 Å². The van der Waals surface area contributed by atoms with Gasteiger partial charge < -0.3 is 26.6 Å². The maximum absolute atomic E-state index is 13.1. The van der Waals surface area contributed by atoms with Gasteiger partial charge in [-0.1, -0.05) is 67.8 Å². The highest BCUT2D eigenvalue weighted by molar-refractivity contribution is 6.06. The van der Waals surface area contributed by atoms with Crippen LogP contribution in [0.5, 0.6) is 0 Å². The number of nitrogens with zero attached hydrogens (tertiary/aromatic N) is 6. The Bertz CT molecular complexity index is 2150. The Morgan fingerprint density at radius 2 is 1.67 bits per heavy atom. The van der Waals surface area contributed by atoms with Crippen LogP contribution in [0.25, 0.3) is 17.1 Å². The van der Waals surface area contributed by atoms with Gasteiger partial charge in [0.15, 0.2) is 5.82 Å². The Balaban J connectivity index is 0.772. The third-order valence-electron chi connectivity index (χ3n) is 9.75. The second-order valence-corrected chi connectivity index (χ2v) is 13.6. The summed E-state index contributed by atoms with van der Waals surface area (Å²) >= 11 is 0. The van der Waals surface area contributed by atoms with E-state index in [4.69, 9.17) is 5.73 Å². The van der Waals surface area contributed by atoms with Crippen molar-refractivity contribution >= 4 is 46.9 Å². The first-order chi connectivity index (χ1) is 26.8. The van der Waals surface area contributed by atoms with Gasteiger partial charge in [-0.15, -0.1) is 15.3 Å². The molecule has 5 aromatic rings. The summed E-state index contributed by atoms with van der Waals surface area (Å²) in [5.74, 6) is 0.0870. The molecule has 0 bridgehead atoms. The first-order valence-electron chi connectivity index (χ1n) is 18.6. The number of unbranched alkanes of at least 4 members (excludes halogenated alkanes) is 4. The molecule has 4 amide bonds. The van der Waals surface area contributed by atoms with E-state index in [1.54, 1.807) is 17.0 Å². The largest absolute Gasteiger partial charge is 0.385 e. The quantitative estimate of drug-likeness (QED) is 0.0682. The van der Waals surface area contributed by atoms with E-state index in [0.717, 1.165) is 72.4 Å². The first kappa shape index (κ1) is 36.7. The molecule has 55 heavy (non-hydrogen) atoms. The van der Waals surface area contributed by atoms with Crippen LogP contribution in [0.4, 0.5) is 23.3 Å². The minimum absolute atomic E-state index is 0.0211. The van der Waals surface area contributed by atoms with E-state index in [-0.39, 0.29) is 30.1 Å². The molecule has 1 fully saturated rings. The molecule has 282 valence electrons. The van der Waals surface area contributed by atoms with Crippen LogP contribution in [0.1, 0.15) is 72.9 Å². The summed E-state index contributed by atoms with van der Waals surface area (Å²) < 4.78 is 1.43. The van der Waals surface area contributed by atoms with Gasteiger partial charge in [-0.3, -0.25) is 24.5 Å². The van der Waals surface area contributed by atoms with Crippen molar-refractivity contribution < 1.29 is 19.2 Å². The lowest BCUT2D eigenvalue weighted by molar-refractivity contribution is -0.137. The average molecular weight is 742 g/mol. The smallest absolute Gasteiger partial charge is 0.255 e. The lowest BCUT2D eigenvalue weighted by atomic mass is 10.0. The van der Waals surface area contributed by atoms with Crippen molar-refractivity contribution in [1.29, 1.82) is 0 Å². The summed E-state index contributed by atoms with van der Waals surface area (Å²) in [6.45, 7) is 1.53. The predicted octanol–water partition coefficient (Wildman–Crippen LogP) is 4.88. The fraction of sp³-hybridized carbons (Fsp3) is 0.300. The van der Waals surface area contributed by atoms with Crippen molar-refractivity contribution in [2.45, 2.75) is 70.5 Å². The first-order valence-corrected chi connectivity index (χ1v) is 18.6. The van der Waals surface area contributed by atoms with Crippen molar-refractivity contribution in [3.05, 3.63) is 102 Å². The fourth-order valence-electron chi connectivity index (χ4n) is 6.79. The molecule has 1 atom stereocenters. The van der Waals surface area contributed by atoms with Crippen LogP contribution in [0, 0.1) is 0 Å². The zero-order chi connectivity index (χ0) is 38.1. The zero-order valence-corrected chi connectivity index (χ0v) is 30.3. The van der Waals surface area contributed by atoms with Crippen molar-refractivity contribution in [1.82, 2.24) is 40.5 Å². The zero-order valence-electron chi connectivity index (χ0n) is 30.3. The second kappa shape index (κ2) is 17.0. The molecule has 7 rings (SSSR count). The highest BCUT2D eigenvalue weighted by Crippen LogP contribution is 2.32. The number of benzene rings is 3. The van der Waals surface area contributed by atoms with Gasteiger partial charge >= 0.3 is 0 Å². The summed E-state index contributed by atoms with van der Waals surface area (Å²) in [5.41, 5.74) is 12.0. The van der Waals surface area contributed by atoms with Gasteiger partial charge in [-0.05, 0) is 61.2 Å². The number of piperidine rings is 1. The van der Waals surface area contributed by atoms with Crippen LogP contribution in [0.2, 0.25) is 0 Å². The number of fused-ring (bicyclic) bond motifs is 1. The summed E-state index contributed by atoms with van der Waals surface area (Å²) in [6, 6.07) is 26.0. The topological polar surface area (TPSA) is 202 Å². The summed E-state index contributed by atoms with van der Waals surface area (Å²) in [6.07, 6.45) is 5.82. The maximum Gasteiger partial charge on any atom is 0.255 e. The third-order valence-corrected chi connectivity index (χ3v) is 9.75. The minimum atomic E-state index is -0.627. The van der Waals surface area contributed by atoms with Crippen LogP contribution < -0.4 is 27.0 Å². The van der Waals surface area contributed by atoms with E-state index in [1.807, 2.05) is 72.8 Å². The Morgan fingerprint density at radius 1 is 0.873 bits per heavy atom. The van der Waals surface area contributed by atoms with Gasteiger partial charge in [0.2, 0.25) is 29.6 Å². The van der Waals surface area contributed by atoms with Crippen LogP contribution in [-0.2, 0) is 27.5 Å². The van der Waals surface area contributed by atoms with Crippen LogP contribution >= 0.6 is 0 Å². The molecule has 2 aromatic heterocycles. The number of nitrogens with one attached hydrogen (secondary N) is 4. The molecule has 3 aromatic carbocycles. The normalized spacial score (nSPS) is 15.1. The molecule has 1 saturated heterocycles. The van der Waals surface area contributed by atoms with Crippen molar-refractivity contribution in [3.63, 3.8) is 0 Å². The molecule has 1 unspecified atom stereocenters. The third kappa shape index (κ3) is 8.95. The number of aromatic nitrogens is 5. The molecule has 15 heteroatoms. The highest BCUT2D eigenvalue weighted by atomic mass is 16.2. The minimum Gasteiger partial charge on any atom is -0.385 e. The number of carbonyl (C=O) groups is 4. The molecular formula is C40H43N11O4. The Hall–Kier alpha value is -6.64. The van der Waals surface area contributed by atoms with E-state index in [1.165, 1.54) is 4.68 Å². The van der Waals surface area contributed by atoms with E-state index in [2.05, 4.69) is 41.5 Å². The van der Waals surface area contributed by atoms with Gasteiger partial charge in [0.1, 0.15) is 6.04 Å². The van der Waals surface area contributed by atoms with Crippen LogP contribution in [0.15, 0.2) is 84.9 Å². The van der Waals surface area contributed by atoms with E-state index in [0.29, 0.717) is 43.3 Å². The number of hydrogen-bond acceptors (Lipinski definition) is 11. The summed E-state index contributed by atoms with van der Waals surface area (Å²) in [7, 11) is 0. The summed E-state index contributed by atoms with van der Waals surface area (Å²) in [5, 5.41) is 25.0. The number of amides is 4. The summed E-state index contributed by atoms with van der Waals surface area (Å²) in [4.78, 5) is 55.4. The molecule has 6 N–H and O–H groups in total. The second-order valence-electron chi connectivity index (χ2n) is 13.6. The lowest BCUT2D eigenvalue weighted by Gasteiger charge is -2.29. The molecule has 0 radical (unpaired) electrons. The molecule has 0 aliphatic carbocycles. The SMILES string of the molecule is Nc1nc(Nc2ccc(CNC(=O)CCCCCCCNc3cccc4c3CN(C3CCC(=O)NC3=O)C4=O)cc2)nn1-c1ccc(-c2ccccc2)nn1. The number of rotatable bonds is 16. The molecule has 4 heterocycles. The lowest BCUT2D eigenvalue weighted by Crippen LogP contribution is -2.52. The van der Waals surface area contributed by atoms with Gasteiger partial charge in [0.25, 0.3) is 5.91 Å². The predicted molar refractivity (Wildman–Crippen MR) is 207 cm³/mol. The Kier molecular flexibility index (Phi) is 11.4. The molecule has 2 aliphatic heterocycles. The van der Waals surface area contributed by atoms with Gasteiger partial charge in [0.05, 0.1) is 5.69 Å². The van der Waals surface area contributed by atoms with Gasteiger partial charge in [0, 0.05) is 60.5 Å². The van der Waals surface area contributed by atoms with Gasteiger partial charge in [-0.25, -0.2) is 0 Å². The van der Waals surface area contributed by atoms with E-state index < -0.39 is 11.9 Å². The number of carbonyl (C=O) groups excluding carboxylic acids is 4. The number of anilines is 4. The van der Waals surface area contributed by atoms with Crippen molar-refractivity contribution in [2.75, 3.05) is 22.9 Å². The number of nitrogens with two attached hydrogens (primary N) is 1. The monoisotopic (exact) mass is 741 g/mol. The van der Waals surface area contributed by atoms with Crippen LogP contribution in [0.3, 0.4) is 0 Å². The van der Waals surface area contributed by atoms with E-state index >= 15 is 0 Å². The maximum atomic E-state index is 13.1. The molecular weight excluding hydrogens is 699 g/mol. The fourth-order valence-corrected chi connectivity index (χ4v) is 6.79. The molecule has 0 spiro atoms. The highest BCUT2D eigenvalue weighted by Gasteiger charge is 2.39. The Morgan fingerprint density at radius 3 is 2.45 bits per heavy atom. The number of hydrogen-bond donors (Lipinski definition) is 5. The molecule has 0 saturated carbocycles. The Labute approximate surface area is 318 Å². The molecule has 15 nitrogen and oxygen atoms in total. The standard InChI is InChI=1S/C40H43N11O4/c41-39-46-40(49-51(39)34-21-19-31(47-48-34)27-10-5-4-6-11-27)44-28-17-15-26(16-18-28)24-43-35(52)14-7-2-1-3-8-23-42-32-13-9-12-29-30(32)25-50(38(29)55)33-20-22-36(53)45-37(33)54/h4-6,9-13,15-19,21,33,42H,1-3,7-8,14,20,22-25H2,(H,43,52)(H,45,53,54)(H3,41,44,46,49). The average Bonchev–Trinajstić information content (AvgIpc) is 3.74. The van der Waals surface area contributed by atoms with E-state index in [9.17, 15) is 19.2 Å². The molecule has 2 aliphatic rings.